The molecule has 0 aromatic heterocycles. The van der Waals surface area contributed by atoms with Crippen molar-refractivity contribution in [1.82, 2.24) is 0 Å². The highest BCUT2D eigenvalue weighted by molar-refractivity contribution is 8.13. The molecular weight excluding hydrogens is 168 g/mol. The fourth-order valence-corrected chi connectivity index (χ4v) is 1.27. The van der Waals surface area contributed by atoms with Crippen molar-refractivity contribution in [1.29, 1.82) is 0 Å². The fourth-order valence-electron chi connectivity index (χ4n) is 0.348. The Bertz CT molecular complexity index is 117. The first-order chi connectivity index (χ1) is 4.48. The van der Waals surface area contributed by atoms with E-state index in [1.165, 1.54) is 11.8 Å². The molecule has 0 aliphatic carbocycles. The Morgan fingerprint density at radius 3 is 2.30 bits per heavy atom. The van der Waals surface area contributed by atoms with Crippen LogP contribution in [-0.4, -0.2) is 16.7 Å². The van der Waals surface area contributed by atoms with Crippen molar-refractivity contribution in [3.8, 4) is 0 Å². The van der Waals surface area contributed by atoms with Gasteiger partial charge in [-0.25, -0.2) is 0 Å². The molecule has 0 radical (unpaired) electrons. The monoisotopic (exact) mass is 180 g/mol. The van der Waals surface area contributed by atoms with E-state index < -0.39 is 0 Å². The standard InChI is InChI=1S/C7H13ClOS/c1-7(2,3)6(9)10-5-4-8/h4-5H2,1-3H3. The smallest absolute Gasteiger partial charge is 0.194 e. The molecule has 0 saturated heterocycles. The largest absolute Gasteiger partial charge is 0.287 e. The van der Waals surface area contributed by atoms with Crippen LogP contribution in [0.5, 0.6) is 0 Å². The Hall–Kier alpha value is 0.310. The molecule has 3 heteroatoms. The van der Waals surface area contributed by atoms with Crippen molar-refractivity contribution < 1.29 is 4.79 Å². The number of halogens is 1. The molecule has 0 rings (SSSR count). The number of rotatable bonds is 2. The SMILES string of the molecule is CC(C)(C)C(=O)SCCCl. The Kier molecular flexibility index (Phi) is 4.37. The molecule has 0 heterocycles. The zero-order chi connectivity index (χ0) is 8.20. The summed E-state index contributed by atoms with van der Waals surface area (Å²) in [5, 5.41) is 0.216. The number of thioether (sulfide) groups is 1. The minimum atomic E-state index is -0.225. The van der Waals surface area contributed by atoms with Gasteiger partial charge in [0.05, 0.1) is 0 Å². The van der Waals surface area contributed by atoms with E-state index in [4.69, 9.17) is 11.6 Å². The predicted octanol–water partition coefficient (Wildman–Crippen LogP) is 2.53. The highest BCUT2D eigenvalue weighted by atomic mass is 35.5. The summed E-state index contributed by atoms with van der Waals surface area (Å²) in [6, 6.07) is 0. The Morgan fingerprint density at radius 1 is 1.50 bits per heavy atom. The van der Waals surface area contributed by atoms with Crippen LogP contribution in [0.1, 0.15) is 20.8 Å². The van der Waals surface area contributed by atoms with Crippen LogP contribution in [0.2, 0.25) is 0 Å². The summed E-state index contributed by atoms with van der Waals surface area (Å²) in [6.07, 6.45) is 0. The lowest BCUT2D eigenvalue weighted by molar-refractivity contribution is -0.117. The van der Waals surface area contributed by atoms with Gasteiger partial charge in [0.2, 0.25) is 0 Å². The maximum absolute atomic E-state index is 11.1. The lowest BCUT2D eigenvalue weighted by Gasteiger charge is -2.14. The van der Waals surface area contributed by atoms with E-state index in [0.29, 0.717) is 5.88 Å². The molecule has 0 aliphatic rings. The van der Waals surface area contributed by atoms with Crippen molar-refractivity contribution in [2.24, 2.45) is 5.41 Å². The summed E-state index contributed by atoms with van der Waals surface area (Å²) < 4.78 is 0. The molecule has 0 aromatic rings. The van der Waals surface area contributed by atoms with Gasteiger partial charge in [-0.1, -0.05) is 32.5 Å². The normalized spacial score (nSPS) is 11.6. The molecule has 0 bridgehead atoms. The number of carbonyl (C=O) groups is 1. The molecule has 0 amide bonds. The second-order valence-corrected chi connectivity index (χ2v) is 4.52. The van der Waals surface area contributed by atoms with Crippen LogP contribution >= 0.6 is 23.4 Å². The van der Waals surface area contributed by atoms with Crippen molar-refractivity contribution in [3.63, 3.8) is 0 Å². The Morgan fingerprint density at radius 2 is 2.00 bits per heavy atom. The van der Waals surface area contributed by atoms with Crippen LogP contribution < -0.4 is 0 Å². The molecule has 0 aliphatic heterocycles. The van der Waals surface area contributed by atoms with Crippen molar-refractivity contribution >= 4 is 28.5 Å². The summed E-state index contributed by atoms with van der Waals surface area (Å²) in [5.41, 5.74) is -0.225. The van der Waals surface area contributed by atoms with Crippen LogP contribution in [0, 0.1) is 5.41 Å². The lowest BCUT2D eigenvalue weighted by atomic mass is 10.00. The van der Waals surface area contributed by atoms with Gasteiger partial charge in [0.15, 0.2) is 5.12 Å². The minimum absolute atomic E-state index is 0.216. The molecule has 10 heavy (non-hydrogen) atoms. The van der Waals surface area contributed by atoms with Gasteiger partial charge in [0.1, 0.15) is 0 Å². The first-order valence-corrected chi connectivity index (χ1v) is 4.73. The molecule has 0 unspecified atom stereocenters. The molecule has 0 aromatic carbocycles. The average Bonchev–Trinajstić information content (AvgIpc) is 1.80. The Labute approximate surface area is 71.5 Å². The first kappa shape index (κ1) is 10.3. The van der Waals surface area contributed by atoms with Gasteiger partial charge in [-0.15, -0.1) is 11.6 Å². The highest BCUT2D eigenvalue weighted by Crippen LogP contribution is 2.22. The van der Waals surface area contributed by atoms with Gasteiger partial charge in [-0.05, 0) is 0 Å². The molecule has 1 nitrogen and oxygen atoms in total. The minimum Gasteiger partial charge on any atom is -0.287 e. The number of alkyl halides is 1. The molecule has 0 atom stereocenters. The predicted molar refractivity (Wildman–Crippen MR) is 47.6 cm³/mol. The van der Waals surface area contributed by atoms with Crippen molar-refractivity contribution in [2.75, 3.05) is 11.6 Å². The van der Waals surface area contributed by atoms with E-state index in [-0.39, 0.29) is 10.5 Å². The van der Waals surface area contributed by atoms with E-state index in [0.717, 1.165) is 5.75 Å². The topological polar surface area (TPSA) is 17.1 Å². The fraction of sp³-hybridized carbons (Fsp3) is 0.857. The molecule has 0 N–H and O–H groups in total. The van der Waals surface area contributed by atoms with Crippen LogP contribution in [0.3, 0.4) is 0 Å². The second-order valence-electron chi connectivity index (χ2n) is 3.07. The summed E-state index contributed by atoms with van der Waals surface area (Å²) in [4.78, 5) is 11.1. The molecule has 60 valence electrons. The zero-order valence-corrected chi connectivity index (χ0v) is 8.18. The summed E-state index contributed by atoms with van der Waals surface area (Å²) in [6.45, 7) is 5.74. The first-order valence-electron chi connectivity index (χ1n) is 3.21. The van der Waals surface area contributed by atoms with Gasteiger partial charge in [0.25, 0.3) is 0 Å². The quantitative estimate of drug-likeness (QED) is 0.608. The summed E-state index contributed by atoms with van der Waals surface area (Å²) in [5.74, 6) is 1.27. The third kappa shape index (κ3) is 4.18. The second kappa shape index (κ2) is 4.24. The zero-order valence-electron chi connectivity index (χ0n) is 6.61. The third-order valence-electron chi connectivity index (χ3n) is 0.923. The number of hydrogen-bond acceptors (Lipinski definition) is 2. The van der Waals surface area contributed by atoms with E-state index in [1.54, 1.807) is 0 Å². The van der Waals surface area contributed by atoms with E-state index in [9.17, 15) is 4.79 Å². The van der Waals surface area contributed by atoms with Crippen LogP contribution in [0.4, 0.5) is 0 Å². The van der Waals surface area contributed by atoms with E-state index in [2.05, 4.69) is 0 Å². The van der Waals surface area contributed by atoms with Crippen molar-refractivity contribution in [2.45, 2.75) is 20.8 Å². The van der Waals surface area contributed by atoms with Crippen molar-refractivity contribution in [3.05, 3.63) is 0 Å². The van der Waals surface area contributed by atoms with Crippen LogP contribution in [-0.2, 0) is 4.79 Å². The number of hydrogen-bond donors (Lipinski definition) is 0. The number of carbonyl (C=O) groups excluding carboxylic acids is 1. The molecule has 0 saturated carbocycles. The third-order valence-corrected chi connectivity index (χ3v) is 2.62. The summed E-state index contributed by atoms with van der Waals surface area (Å²) in [7, 11) is 0. The van der Waals surface area contributed by atoms with Gasteiger partial charge in [-0.3, -0.25) is 4.79 Å². The van der Waals surface area contributed by atoms with Gasteiger partial charge in [0, 0.05) is 17.0 Å². The van der Waals surface area contributed by atoms with E-state index in [1.807, 2.05) is 20.8 Å². The maximum atomic E-state index is 11.1. The van der Waals surface area contributed by atoms with Gasteiger partial charge in [-0.2, -0.15) is 0 Å². The van der Waals surface area contributed by atoms with Crippen LogP contribution in [0.15, 0.2) is 0 Å². The van der Waals surface area contributed by atoms with E-state index >= 15 is 0 Å². The maximum Gasteiger partial charge on any atom is 0.194 e. The summed E-state index contributed by atoms with van der Waals surface area (Å²) >= 11 is 6.74. The van der Waals surface area contributed by atoms with Gasteiger partial charge >= 0.3 is 0 Å². The average molecular weight is 181 g/mol. The highest BCUT2D eigenvalue weighted by Gasteiger charge is 2.20. The molecule has 0 fully saturated rings. The molecule has 0 spiro atoms. The molecular formula is C7H13ClOS. The lowest BCUT2D eigenvalue weighted by Crippen LogP contribution is -2.16. The van der Waals surface area contributed by atoms with Gasteiger partial charge < -0.3 is 0 Å². The van der Waals surface area contributed by atoms with Crippen LogP contribution in [0.25, 0.3) is 0 Å². The Balaban J connectivity index is 3.64.